The van der Waals surface area contributed by atoms with Crippen molar-refractivity contribution in [1.82, 2.24) is 10.2 Å². The molecular formula is C22H22N4O2S. The molecule has 2 unspecified atom stereocenters. The lowest BCUT2D eigenvalue weighted by Gasteiger charge is -2.15. The Morgan fingerprint density at radius 1 is 1.14 bits per heavy atom. The van der Waals surface area contributed by atoms with Crippen molar-refractivity contribution in [2.45, 2.75) is 31.6 Å². The molecule has 0 bridgehead atoms. The van der Waals surface area contributed by atoms with Crippen LogP contribution in [-0.2, 0) is 9.59 Å². The standard InChI is InChI=1S/C22H22N4O2S/c1-15(16-8-4-2-5-9-16)12-19(27)23-22-25-24-21(29-22)17-13-20(28)26(14-17)18-10-6-3-7-11-18/h2-11,15,17H,12-14H2,1H3,(H,23,25,27). The molecule has 0 saturated carbocycles. The summed E-state index contributed by atoms with van der Waals surface area (Å²) in [6, 6.07) is 19.6. The highest BCUT2D eigenvalue weighted by atomic mass is 32.1. The van der Waals surface area contributed by atoms with E-state index in [0.717, 1.165) is 16.3 Å². The number of rotatable bonds is 6. The minimum atomic E-state index is -0.0857. The number of carbonyl (C=O) groups excluding carboxylic acids is 2. The van der Waals surface area contributed by atoms with Gasteiger partial charge in [0.25, 0.3) is 0 Å². The van der Waals surface area contributed by atoms with Gasteiger partial charge in [0, 0.05) is 31.0 Å². The van der Waals surface area contributed by atoms with Gasteiger partial charge in [-0.2, -0.15) is 0 Å². The zero-order chi connectivity index (χ0) is 20.2. The van der Waals surface area contributed by atoms with Crippen LogP contribution in [0.25, 0.3) is 0 Å². The number of aromatic nitrogens is 2. The van der Waals surface area contributed by atoms with Gasteiger partial charge in [0.05, 0.1) is 0 Å². The molecule has 1 aliphatic rings. The second-order valence-corrected chi connectivity index (χ2v) is 8.26. The quantitative estimate of drug-likeness (QED) is 0.666. The lowest BCUT2D eigenvalue weighted by molar-refractivity contribution is -0.117. The summed E-state index contributed by atoms with van der Waals surface area (Å²) < 4.78 is 0. The lowest BCUT2D eigenvalue weighted by Crippen LogP contribution is -2.24. The Kier molecular flexibility index (Phi) is 5.67. The van der Waals surface area contributed by atoms with Crippen LogP contribution < -0.4 is 10.2 Å². The number of anilines is 2. The average molecular weight is 407 g/mol. The number of carbonyl (C=O) groups is 2. The number of hydrogen-bond donors (Lipinski definition) is 1. The van der Waals surface area contributed by atoms with E-state index in [1.165, 1.54) is 11.3 Å². The third-order valence-corrected chi connectivity index (χ3v) is 6.09. The molecule has 0 radical (unpaired) electrons. The summed E-state index contributed by atoms with van der Waals surface area (Å²) in [6.07, 6.45) is 0.783. The molecule has 29 heavy (non-hydrogen) atoms. The lowest BCUT2D eigenvalue weighted by atomic mass is 9.98. The number of benzene rings is 2. The van der Waals surface area contributed by atoms with Gasteiger partial charge in [-0.15, -0.1) is 10.2 Å². The highest BCUT2D eigenvalue weighted by molar-refractivity contribution is 7.15. The molecule has 2 atom stereocenters. The molecule has 1 aliphatic heterocycles. The Bertz CT molecular complexity index is 990. The van der Waals surface area contributed by atoms with Crippen LogP contribution >= 0.6 is 11.3 Å². The molecule has 7 heteroatoms. The molecule has 0 spiro atoms. The van der Waals surface area contributed by atoms with E-state index in [2.05, 4.69) is 15.5 Å². The molecule has 4 rings (SSSR count). The fraction of sp³-hybridized carbons (Fsp3) is 0.273. The van der Waals surface area contributed by atoms with Gasteiger partial charge in [-0.05, 0) is 23.6 Å². The van der Waals surface area contributed by atoms with Crippen LogP contribution in [0.3, 0.4) is 0 Å². The van der Waals surface area contributed by atoms with Crippen LogP contribution in [0.15, 0.2) is 60.7 Å². The third kappa shape index (κ3) is 4.51. The molecule has 1 N–H and O–H groups in total. The molecular weight excluding hydrogens is 384 g/mol. The Morgan fingerprint density at radius 3 is 2.55 bits per heavy atom. The normalized spacial score (nSPS) is 17.3. The Labute approximate surface area is 173 Å². The van der Waals surface area contributed by atoms with Gasteiger partial charge in [-0.3, -0.25) is 9.59 Å². The zero-order valence-corrected chi connectivity index (χ0v) is 16.9. The molecule has 2 heterocycles. The Balaban J connectivity index is 1.36. The fourth-order valence-electron chi connectivity index (χ4n) is 3.53. The summed E-state index contributed by atoms with van der Waals surface area (Å²) in [5.74, 6) is 0.112. The van der Waals surface area contributed by atoms with Crippen LogP contribution in [0.1, 0.15) is 42.2 Å². The van der Waals surface area contributed by atoms with E-state index in [1.807, 2.05) is 67.6 Å². The van der Waals surface area contributed by atoms with Gasteiger partial charge >= 0.3 is 0 Å². The maximum Gasteiger partial charge on any atom is 0.227 e. The fourth-order valence-corrected chi connectivity index (χ4v) is 4.38. The van der Waals surface area contributed by atoms with Gasteiger partial charge in [-0.1, -0.05) is 66.8 Å². The third-order valence-electron chi connectivity index (χ3n) is 5.09. The number of hydrogen-bond acceptors (Lipinski definition) is 5. The smallest absolute Gasteiger partial charge is 0.227 e. The highest BCUT2D eigenvalue weighted by Crippen LogP contribution is 2.34. The van der Waals surface area contributed by atoms with Crippen molar-refractivity contribution in [3.8, 4) is 0 Å². The second kappa shape index (κ2) is 8.53. The highest BCUT2D eigenvalue weighted by Gasteiger charge is 2.33. The summed E-state index contributed by atoms with van der Waals surface area (Å²) in [6.45, 7) is 2.61. The Hall–Kier alpha value is -3.06. The van der Waals surface area contributed by atoms with Crippen molar-refractivity contribution in [3.63, 3.8) is 0 Å². The summed E-state index contributed by atoms with van der Waals surface area (Å²) >= 11 is 1.35. The van der Waals surface area contributed by atoms with E-state index in [0.29, 0.717) is 24.5 Å². The summed E-state index contributed by atoms with van der Waals surface area (Å²) in [5.41, 5.74) is 2.03. The predicted octanol–water partition coefficient (Wildman–Crippen LogP) is 4.19. The zero-order valence-electron chi connectivity index (χ0n) is 16.1. The predicted molar refractivity (Wildman–Crippen MR) is 114 cm³/mol. The number of para-hydroxylation sites is 1. The number of amides is 2. The van der Waals surface area contributed by atoms with Gasteiger partial charge in [0.1, 0.15) is 5.01 Å². The van der Waals surface area contributed by atoms with Gasteiger partial charge in [0.2, 0.25) is 16.9 Å². The van der Waals surface area contributed by atoms with E-state index in [-0.39, 0.29) is 23.7 Å². The van der Waals surface area contributed by atoms with E-state index >= 15 is 0 Å². The molecule has 1 saturated heterocycles. The van der Waals surface area contributed by atoms with E-state index in [1.54, 1.807) is 4.90 Å². The molecule has 2 aromatic carbocycles. The van der Waals surface area contributed by atoms with E-state index in [9.17, 15) is 9.59 Å². The molecule has 0 aliphatic carbocycles. The second-order valence-electron chi connectivity index (χ2n) is 7.25. The van der Waals surface area contributed by atoms with Crippen molar-refractivity contribution in [3.05, 3.63) is 71.2 Å². The first-order chi connectivity index (χ1) is 14.1. The van der Waals surface area contributed by atoms with Crippen LogP contribution in [0.5, 0.6) is 0 Å². The monoisotopic (exact) mass is 406 g/mol. The van der Waals surface area contributed by atoms with Crippen molar-refractivity contribution in [2.24, 2.45) is 0 Å². The number of nitrogens with one attached hydrogen (secondary N) is 1. The molecule has 1 fully saturated rings. The summed E-state index contributed by atoms with van der Waals surface area (Å²) in [4.78, 5) is 26.6. The van der Waals surface area contributed by atoms with Crippen LogP contribution in [0, 0.1) is 0 Å². The Morgan fingerprint density at radius 2 is 1.83 bits per heavy atom. The maximum atomic E-state index is 12.4. The molecule has 148 valence electrons. The van der Waals surface area contributed by atoms with Gasteiger partial charge in [-0.25, -0.2) is 0 Å². The molecule has 2 amide bonds. The minimum Gasteiger partial charge on any atom is -0.312 e. The first-order valence-electron chi connectivity index (χ1n) is 9.64. The average Bonchev–Trinajstić information content (AvgIpc) is 3.35. The first kappa shape index (κ1) is 19.3. The SMILES string of the molecule is CC(CC(=O)Nc1nnc(C2CC(=O)N(c3ccccc3)C2)s1)c1ccccc1. The van der Waals surface area contributed by atoms with Crippen molar-refractivity contribution in [2.75, 3.05) is 16.8 Å². The van der Waals surface area contributed by atoms with Gasteiger partial charge in [0.15, 0.2) is 0 Å². The van der Waals surface area contributed by atoms with Gasteiger partial charge < -0.3 is 10.2 Å². The topological polar surface area (TPSA) is 75.2 Å². The number of nitrogens with zero attached hydrogens (tertiary/aromatic N) is 3. The van der Waals surface area contributed by atoms with E-state index in [4.69, 9.17) is 0 Å². The molecule has 3 aromatic rings. The maximum absolute atomic E-state index is 12.4. The van der Waals surface area contributed by atoms with Crippen molar-refractivity contribution >= 4 is 34.0 Å². The van der Waals surface area contributed by atoms with Crippen LogP contribution in [0.2, 0.25) is 0 Å². The minimum absolute atomic E-state index is 0.00546. The van der Waals surface area contributed by atoms with Crippen molar-refractivity contribution in [1.29, 1.82) is 0 Å². The molecule has 6 nitrogen and oxygen atoms in total. The van der Waals surface area contributed by atoms with Crippen LogP contribution in [0.4, 0.5) is 10.8 Å². The largest absolute Gasteiger partial charge is 0.312 e. The first-order valence-corrected chi connectivity index (χ1v) is 10.5. The van der Waals surface area contributed by atoms with Crippen molar-refractivity contribution < 1.29 is 9.59 Å². The summed E-state index contributed by atoms with van der Waals surface area (Å²) in [5, 5.41) is 12.4. The van der Waals surface area contributed by atoms with E-state index < -0.39 is 0 Å². The molecule has 1 aromatic heterocycles. The summed E-state index contributed by atoms with van der Waals surface area (Å²) in [7, 11) is 0. The van der Waals surface area contributed by atoms with Crippen LogP contribution in [-0.4, -0.2) is 28.6 Å².